The highest BCUT2D eigenvalue weighted by Crippen LogP contribution is 2.36. The Kier molecular flexibility index (Phi) is 6.20. The molecule has 2 rings (SSSR count). The van der Waals surface area contributed by atoms with Crippen LogP contribution in [0.15, 0.2) is 46.4 Å². The van der Waals surface area contributed by atoms with E-state index in [-0.39, 0.29) is 5.57 Å². The molecule has 0 saturated heterocycles. The van der Waals surface area contributed by atoms with Crippen molar-refractivity contribution >= 4 is 33.6 Å². The number of benzene rings is 2. The predicted molar refractivity (Wildman–Crippen MR) is 101 cm³/mol. The van der Waals surface area contributed by atoms with Gasteiger partial charge in [0.2, 0.25) is 0 Å². The number of amides is 1. The third kappa shape index (κ3) is 4.61. The molecule has 1 amide bonds. The first kappa shape index (κ1) is 18.6. The van der Waals surface area contributed by atoms with E-state index in [9.17, 15) is 10.1 Å². The number of nitrogens with one attached hydrogen (secondary N) is 1. The molecule has 0 bridgehead atoms. The maximum atomic E-state index is 12.4. The Morgan fingerprint density at radius 3 is 2.60 bits per heavy atom. The summed E-state index contributed by atoms with van der Waals surface area (Å²) in [4.78, 5) is 12.4. The van der Waals surface area contributed by atoms with Gasteiger partial charge in [-0.05, 0) is 64.3 Å². The maximum absolute atomic E-state index is 12.4. The summed E-state index contributed by atoms with van der Waals surface area (Å²) in [6.45, 7) is 1.93. The van der Waals surface area contributed by atoms with Crippen LogP contribution >= 0.6 is 15.9 Å². The van der Waals surface area contributed by atoms with Gasteiger partial charge in [-0.25, -0.2) is 0 Å². The normalized spacial score (nSPS) is 10.8. The van der Waals surface area contributed by atoms with Crippen molar-refractivity contribution in [1.82, 2.24) is 0 Å². The van der Waals surface area contributed by atoms with E-state index >= 15 is 0 Å². The summed E-state index contributed by atoms with van der Waals surface area (Å²) in [5.41, 5.74) is 2.28. The van der Waals surface area contributed by atoms with E-state index in [2.05, 4.69) is 21.2 Å². The second kappa shape index (κ2) is 8.36. The molecular formula is C19H17BrN2O3. The SMILES string of the molecule is COc1cc(/C=C(/C#N)C(=O)Nc2cccc(C)c2)cc(Br)c1OC. The highest BCUT2D eigenvalue weighted by Gasteiger charge is 2.13. The molecule has 128 valence electrons. The molecule has 2 aromatic carbocycles. The minimum Gasteiger partial charge on any atom is -0.493 e. The summed E-state index contributed by atoms with van der Waals surface area (Å²) < 4.78 is 11.2. The Balaban J connectivity index is 2.32. The molecule has 0 aromatic heterocycles. The van der Waals surface area contributed by atoms with Crippen LogP contribution in [-0.2, 0) is 4.79 Å². The molecule has 5 nitrogen and oxygen atoms in total. The van der Waals surface area contributed by atoms with Crippen LogP contribution in [0.3, 0.4) is 0 Å². The van der Waals surface area contributed by atoms with Gasteiger partial charge in [0.05, 0.1) is 18.7 Å². The van der Waals surface area contributed by atoms with E-state index in [1.165, 1.54) is 20.3 Å². The van der Waals surface area contributed by atoms with Gasteiger partial charge in [-0.1, -0.05) is 12.1 Å². The van der Waals surface area contributed by atoms with Crippen LogP contribution in [0.1, 0.15) is 11.1 Å². The number of carbonyl (C=O) groups is 1. The fraction of sp³-hybridized carbons (Fsp3) is 0.158. The number of halogens is 1. The van der Waals surface area contributed by atoms with Crippen LogP contribution in [0.2, 0.25) is 0 Å². The van der Waals surface area contributed by atoms with Gasteiger partial charge in [-0.15, -0.1) is 0 Å². The Bertz CT molecular complexity index is 869. The first-order valence-corrected chi connectivity index (χ1v) is 8.19. The molecule has 0 radical (unpaired) electrons. The van der Waals surface area contributed by atoms with E-state index in [0.717, 1.165) is 5.56 Å². The van der Waals surface area contributed by atoms with Crippen molar-refractivity contribution in [2.75, 3.05) is 19.5 Å². The highest BCUT2D eigenvalue weighted by molar-refractivity contribution is 9.10. The number of hydrogen-bond acceptors (Lipinski definition) is 4. The molecule has 0 heterocycles. The van der Waals surface area contributed by atoms with Crippen molar-refractivity contribution < 1.29 is 14.3 Å². The lowest BCUT2D eigenvalue weighted by Crippen LogP contribution is -2.13. The zero-order valence-electron chi connectivity index (χ0n) is 14.1. The number of methoxy groups -OCH3 is 2. The molecule has 0 saturated carbocycles. The second-order valence-corrected chi connectivity index (χ2v) is 6.09. The molecule has 0 aliphatic heterocycles. The third-order valence-corrected chi connectivity index (χ3v) is 4.00. The summed E-state index contributed by atoms with van der Waals surface area (Å²) in [5.74, 6) is 0.570. The molecule has 0 fully saturated rings. The number of nitrogens with zero attached hydrogens (tertiary/aromatic N) is 1. The van der Waals surface area contributed by atoms with Crippen molar-refractivity contribution in [3.8, 4) is 17.6 Å². The Labute approximate surface area is 155 Å². The summed E-state index contributed by atoms with van der Waals surface area (Å²) in [7, 11) is 3.06. The number of ether oxygens (including phenoxy) is 2. The first-order valence-electron chi connectivity index (χ1n) is 7.39. The van der Waals surface area contributed by atoms with Gasteiger partial charge in [0.25, 0.3) is 5.91 Å². The summed E-state index contributed by atoms with van der Waals surface area (Å²) in [6.07, 6.45) is 1.50. The topological polar surface area (TPSA) is 71.3 Å². The molecule has 0 unspecified atom stereocenters. The maximum Gasteiger partial charge on any atom is 0.266 e. The average molecular weight is 401 g/mol. The first-order chi connectivity index (χ1) is 12.0. The number of rotatable bonds is 5. The number of hydrogen-bond donors (Lipinski definition) is 1. The second-order valence-electron chi connectivity index (χ2n) is 5.23. The van der Waals surface area contributed by atoms with Gasteiger partial charge in [0.15, 0.2) is 11.5 Å². The summed E-state index contributed by atoms with van der Waals surface area (Å²) in [6, 6.07) is 12.7. The van der Waals surface area contributed by atoms with Crippen molar-refractivity contribution in [1.29, 1.82) is 5.26 Å². The van der Waals surface area contributed by atoms with Crippen LogP contribution in [-0.4, -0.2) is 20.1 Å². The lowest BCUT2D eigenvalue weighted by Gasteiger charge is -2.11. The van der Waals surface area contributed by atoms with E-state index in [1.54, 1.807) is 18.2 Å². The van der Waals surface area contributed by atoms with Gasteiger partial charge >= 0.3 is 0 Å². The van der Waals surface area contributed by atoms with Crippen LogP contribution < -0.4 is 14.8 Å². The molecule has 0 aliphatic carbocycles. The predicted octanol–water partition coefficient (Wildman–Crippen LogP) is 4.32. The molecule has 1 N–H and O–H groups in total. The molecular weight excluding hydrogens is 384 g/mol. The number of nitriles is 1. The standard InChI is InChI=1S/C19H17BrN2O3/c1-12-5-4-6-15(7-12)22-19(23)14(11-21)8-13-9-16(20)18(25-3)17(10-13)24-2/h4-10H,1-3H3,(H,22,23)/b14-8-. The Morgan fingerprint density at radius 2 is 2.00 bits per heavy atom. The zero-order valence-corrected chi connectivity index (χ0v) is 15.7. The van der Waals surface area contributed by atoms with E-state index < -0.39 is 5.91 Å². The highest BCUT2D eigenvalue weighted by atomic mass is 79.9. The van der Waals surface area contributed by atoms with Gasteiger partial charge in [-0.2, -0.15) is 5.26 Å². The quantitative estimate of drug-likeness (QED) is 0.599. The van der Waals surface area contributed by atoms with Gasteiger partial charge in [-0.3, -0.25) is 4.79 Å². The fourth-order valence-electron chi connectivity index (χ4n) is 2.26. The van der Waals surface area contributed by atoms with Crippen molar-refractivity contribution in [3.05, 3.63) is 57.6 Å². The molecule has 0 atom stereocenters. The lowest BCUT2D eigenvalue weighted by atomic mass is 10.1. The minimum atomic E-state index is -0.473. The summed E-state index contributed by atoms with van der Waals surface area (Å²) in [5, 5.41) is 12.1. The van der Waals surface area contributed by atoms with Crippen molar-refractivity contribution in [2.24, 2.45) is 0 Å². The molecule has 0 spiro atoms. The van der Waals surface area contributed by atoms with Gasteiger partial charge in [0, 0.05) is 5.69 Å². The number of carbonyl (C=O) groups excluding carboxylic acids is 1. The van der Waals surface area contributed by atoms with Crippen molar-refractivity contribution in [2.45, 2.75) is 6.92 Å². The molecule has 2 aromatic rings. The van der Waals surface area contributed by atoms with Crippen LogP contribution in [0, 0.1) is 18.3 Å². The van der Waals surface area contributed by atoms with Crippen LogP contribution in [0.5, 0.6) is 11.5 Å². The largest absolute Gasteiger partial charge is 0.493 e. The van der Waals surface area contributed by atoms with Crippen LogP contribution in [0.25, 0.3) is 6.08 Å². The van der Waals surface area contributed by atoms with E-state index in [4.69, 9.17) is 9.47 Å². The smallest absolute Gasteiger partial charge is 0.266 e. The van der Waals surface area contributed by atoms with Gasteiger partial charge in [0.1, 0.15) is 11.6 Å². The molecule has 25 heavy (non-hydrogen) atoms. The van der Waals surface area contributed by atoms with E-state index in [0.29, 0.717) is 27.2 Å². The Morgan fingerprint density at radius 1 is 1.24 bits per heavy atom. The van der Waals surface area contributed by atoms with Crippen molar-refractivity contribution in [3.63, 3.8) is 0 Å². The fourth-order valence-corrected chi connectivity index (χ4v) is 2.88. The Hall–Kier alpha value is -2.78. The monoisotopic (exact) mass is 400 g/mol. The minimum absolute atomic E-state index is 0.0133. The summed E-state index contributed by atoms with van der Waals surface area (Å²) >= 11 is 3.39. The molecule has 6 heteroatoms. The zero-order chi connectivity index (χ0) is 18.4. The van der Waals surface area contributed by atoms with Crippen LogP contribution in [0.4, 0.5) is 5.69 Å². The van der Waals surface area contributed by atoms with Gasteiger partial charge < -0.3 is 14.8 Å². The molecule has 0 aliphatic rings. The third-order valence-electron chi connectivity index (χ3n) is 3.41. The number of anilines is 1. The average Bonchev–Trinajstić information content (AvgIpc) is 2.58. The lowest BCUT2D eigenvalue weighted by molar-refractivity contribution is -0.112. The number of aryl methyl sites for hydroxylation is 1. The van der Waals surface area contributed by atoms with E-state index in [1.807, 2.05) is 31.2 Å².